The zero-order valence-electron chi connectivity index (χ0n) is 9.14. The summed E-state index contributed by atoms with van der Waals surface area (Å²) in [5.74, 6) is -0.270. The SMILES string of the molecule is COc1cccc(-c2cc(N)c(C(=O)O)s2)c1. The van der Waals surface area contributed by atoms with Crippen LogP contribution in [-0.4, -0.2) is 18.2 Å². The van der Waals surface area contributed by atoms with Gasteiger partial charge in [0.15, 0.2) is 0 Å². The number of aromatic carboxylic acids is 1. The molecule has 0 radical (unpaired) electrons. The lowest BCUT2D eigenvalue weighted by Gasteiger charge is -2.01. The van der Waals surface area contributed by atoms with E-state index in [-0.39, 0.29) is 4.88 Å². The summed E-state index contributed by atoms with van der Waals surface area (Å²) < 4.78 is 5.12. The van der Waals surface area contributed by atoms with Crippen molar-refractivity contribution in [3.05, 3.63) is 35.2 Å². The van der Waals surface area contributed by atoms with E-state index in [1.54, 1.807) is 13.2 Å². The van der Waals surface area contributed by atoms with Crippen molar-refractivity contribution < 1.29 is 14.6 Å². The maximum absolute atomic E-state index is 10.9. The number of benzene rings is 1. The average Bonchev–Trinajstić information content (AvgIpc) is 2.71. The Labute approximate surface area is 102 Å². The van der Waals surface area contributed by atoms with Crippen molar-refractivity contribution in [3.63, 3.8) is 0 Å². The minimum Gasteiger partial charge on any atom is -0.497 e. The monoisotopic (exact) mass is 249 g/mol. The van der Waals surface area contributed by atoms with Crippen LogP contribution < -0.4 is 10.5 Å². The number of rotatable bonds is 3. The molecule has 0 unspecified atom stereocenters. The summed E-state index contributed by atoms with van der Waals surface area (Å²) in [5.41, 5.74) is 6.84. The van der Waals surface area contributed by atoms with E-state index in [0.717, 1.165) is 27.5 Å². The van der Waals surface area contributed by atoms with Gasteiger partial charge in [0.1, 0.15) is 10.6 Å². The van der Waals surface area contributed by atoms with Crippen molar-refractivity contribution in [1.29, 1.82) is 0 Å². The third kappa shape index (κ3) is 2.24. The van der Waals surface area contributed by atoms with Gasteiger partial charge in [0, 0.05) is 4.88 Å². The smallest absolute Gasteiger partial charge is 0.348 e. The summed E-state index contributed by atoms with van der Waals surface area (Å²) in [6, 6.07) is 9.09. The summed E-state index contributed by atoms with van der Waals surface area (Å²) in [7, 11) is 1.59. The van der Waals surface area contributed by atoms with Crippen LogP contribution in [0.3, 0.4) is 0 Å². The van der Waals surface area contributed by atoms with E-state index in [1.165, 1.54) is 0 Å². The highest BCUT2D eigenvalue weighted by atomic mass is 32.1. The zero-order chi connectivity index (χ0) is 12.4. The van der Waals surface area contributed by atoms with Gasteiger partial charge in [-0.3, -0.25) is 0 Å². The van der Waals surface area contributed by atoms with Crippen LogP contribution >= 0.6 is 11.3 Å². The first-order chi connectivity index (χ1) is 8.11. The lowest BCUT2D eigenvalue weighted by Crippen LogP contribution is -1.96. The minimum atomic E-state index is -0.998. The number of anilines is 1. The number of carbonyl (C=O) groups is 1. The molecule has 1 heterocycles. The molecular weight excluding hydrogens is 238 g/mol. The number of carboxylic acids is 1. The van der Waals surface area contributed by atoms with Gasteiger partial charge in [0.25, 0.3) is 0 Å². The molecule has 3 N–H and O–H groups in total. The van der Waals surface area contributed by atoms with Crippen molar-refractivity contribution in [1.82, 2.24) is 0 Å². The van der Waals surface area contributed by atoms with E-state index in [1.807, 2.05) is 24.3 Å². The Morgan fingerprint density at radius 2 is 2.18 bits per heavy atom. The van der Waals surface area contributed by atoms with Gasteiger partial charge in [-0.25, -0.2) is 4.79 Å². The highest BCUT2D eigenvalue weighted by molar-refractivity contribution is 7.17. The Morgan fingerprint density at radius 1 is 1.41 bits per heavy atom. The molecule has 0 atom stereocenters. The normalized spacial score (nSPS) is 10.2. The maximum atomic E-state index is 10.9. The second-order valence-corrected chi connectivity index (χ2v) is 4.48. The van der Waals surface area contributed by atoms with E-state index in [9.17, 15) is 4.79 Å². The van der Waals surface area contributed by atoms with Crippen molar-refractivity contribution in [2.24, 2.45) is 0 Å². The molecule has 2 rings (SSSR count). The summed E-state index contributed by atoms with van der Waals surface area (Å²) >= 11 is 1.16. The van der Waals surface area contributed by atoms with Crippen molar-refractivity contribution in [2.75, 3.05) is 12.8 Å². The summed E-state index contributed by atoms with van der Waals surface area (Å²) in [5, 5.41) is 8.93. The molecule has 0 spiro atoms. The number of hydrogen-bond donors (Lipinski definition) is 2. The standard InChI is InChI=1S/C12H11NO3S/c1-16-8-4-2-3-7(5-8)10-6-9(13)11(17-10)12(14)15/h2-6H,13H2,1H3,(H,14,15). The molecule has 0 bridgehead atoms. The highest BCUT2D eigenvalue weighted by Gasteiger charge is 2.14. The molecule has 1 aromatic carbocycles. The van der Waals surface area contributed by atoms with Crippen molar-refractivity contribution in [3.8, 4) is 16.2 Å². The molecule has 0 saturated heterocycles. The molecule has 0 fully saturated rings. The molecule has 5 heteroatoms. The third-order valence-electron chi connectivity index (χ3n) is 2.31. The number of methoxy groups -OCH3 is 1. The van der Waals surface area contributed by atoms with Gasteiger partial charge in [0.05, 0.1) is 12.8 Å². The van der Waals surface area contributed by atoms with E-state index < -0.39 is 5.97 Å². The summed E-state index contributed by atoms with van der Waals surface area (Å²) in [6.45, 7) is 0. The molecule has 88 valence electrons. The highest BCUT2D eigenvalue weighted by Crippen LogP contribution is 2.34. The zero-order valence-corrected chi connectivity index (χ0v) is 9.95. The quantitative estimate of drug-likeness (QED) is 0.877. The molecule has 0 aliphatic carbocycles. The first-order valence-corrected chi connectivity index (χ1v) is 5.70. The van der Waals surface area contributed by atoms with Crippen LogP contribution in [0.1, 0.15) is 9.67 Å². The van der Waals surface area contributed by atoms with Gasteiger partial charge in [-0.05, 0) is 23.8 Å². The largest absolute Gasteiger partial charge is 0.497 e. The Kier molecular flexibility index (Phi) is 3.01. The van der Waals surface area contributed by atoms with Crippen LogP contribution in [0.5, 0.6) is 5.75 Å². The molecule has 0 saturated carbocycles. The van der Waals surface area contributed by atoms with Crippen LogP contribution in [0, 0.1) is 0 Å². The topological polar surface area (TPSA) is 72.5 Å². The fraction of sp³-hybridized carbons (Fsp3) is 0.0833. The summed E-state index contributed by atoms with van der Waals surface area (Å²) in [4.78, 5) is 11.9. The summed E-state index contributed by atoms with van der Waals surface area (Å²) in [6.07, 6.45) is 0. The molecule has 1 aromatic heterocycles. The van der Waals surface area contributed by atoms with Crippen LogP contribution in [0.25, 0.3) is 10.4 Å². The average molecular weight is 249 g/mol. The van der Waals surface area contributed by atoms with E-state index in [4.69, 9.17) is 15.6 Å². The van der Waals surface area contributed by atoms with Gasteiger partial charge in [-0.1, -0.05) is 12.1 Å². The Balaban J connectivity index is 2.46. The molecule has 17 heavy (non-hydrogen) atoms. The lowest BCUT2D eigenvalue weighted by atomic mass is 10.2. The van der Waals surface area contributed by atoms with E-state index in [0.29, 0.717) is 5.69 Å². The van der Waals surface area contributed by atoms with Gasteiger partial charge in [0.2, 0.25) is 0 Å². The van der Waals surface area contributed by atoms with Crippen LogP contribution in [0.4, 0.5) is 5.69 Å². The van der Waals surface area contributed by atoms with Crippen LogP contribution in [0.15, 0.2) is 30.3 Å². The number of hydrogen-bond acceptors (Lipinski definition) is 4. The van der Waals surface area contributed by atoms with Crippen LogP contribution in [0.2, 0.25) is 0 Å². The van der Waals surface area contributed by atoms with Crippen molar-refractivity contribution >= 4 is 23.0 Å². The number of nitrogen functional groups attached to an aromatic ring is 1. The predicted molar refractivity (Wildman–Crippen MR) is 67.7 cm³/mol. The molecule has 4 nitrogen and oxygen atoms in total. The lowest BCUT2D eigenvalue weighted by molar-refractivity contribution is 0.0703. The second kappa shape index (κ2) is 4.47. The fourth-order valence-corrected chi connectivity index (χ4v) is 2.41. The van der Waals surface area contributed by atoms with Gasteiger partial charge >= 0.3 is 5.97 Å². The molecule has 2 aromatic rings. The number of ether oxygens (including phenoxy) is 1. The van der Waals surface area contributed by atoms with Gasteiger partial charge in [-0.2, -0.15) is 0 Å². The van der Waals surface area contributed by atoms with E-state index >= 15 is 0 Å². The van der Waals surface area contributed by atoms with Gasteiger partial charge in [-0.15, -0.1) is 11.3 Å². The molecular formula is C12H11NO3S. The molecule has 0 aliphatic heterocycles. The number of nitrogens with two attached hydrogens (primary N) is 1. The Hall–Kier alpha value is -2.01. The number of thiophene rings is 1. The first-order valence-electron chi connectivity index (χ1n) is 4.89. The Bertz CT molecular complexity index is 563. The van der Waals surface area contributed by atoms with Crippen molar-refractivity contribution in [2.45, 2.75) is 0 Å². The minimum absolute atomic E-state index is 0.169. The Morgan fingerprint density at radius 3 is 2.76 bits per heavy atom. The predicted octanol–water partition coefficient (Wildman–Crippen LogP) is 2.70. The first kappa shape index (κ1) is 11.5. The number of carboxylic acid groups (broad SMARTS) is 1. The fourth-order valence-electron chi connectivity index (χ4n) is 1.49. The van der Waals surface area contributed by atoms with Gasteiger partial charge < -0.3 is 15.6 Å². The van der Waals surface area contributed by atoms with Crippen LogP contribution in [-0.2, 0) is 0 Å². The molecule has 0 amide bonds. The maximum Gasteiger partial charge on any atom is 0.348 e. The molecule has 0 aliphatic rings. The van der Waals surface area contributed by atoms with E-state index in [2.05, 4.69) is 0 Å². The second-order valence-electron chi connectivity index (χ2n) is 3.43. The third-order valence-corrected chi connectivity index (χ3v) is 3.50.